The van der Waals surface area contributed by atoms with E-state index < -0.39 is 10.8 Å². The molecule has 0 saturated carbocycles. The second-order valence-corrected chi connectivity index (χ2v) is 6.23. The Hall–Kier alpha value is -3.78. The zero-order chi connectivity index (χ0) is 20.8. The van der Waals surface area contributed by atoms with Gasteiger partial charge < -0.3 is 4.74 Å². The number of benzene rings is 2. The van der Waals surface area contributed by atoms with Gasteiger partial charge in [-0.3, -0.25) is 19.9 Å². The number of hydrogen-bond acceptors (Lipinski definition) is 6. The quantitative estimate of drug-likeness (QED) is 0.377. The predicted molar refractivity (Wildman–Crippen MR) is 108 cm³/mol. The first-order valence-corrected chi connectivity index (χ1v) is 8.74. The molecule has 1 aromatic heterocycles. The number of nitro benzene ring substituents is 1. The van der Waals surface area contributed by atoms with Crippen molar-refractivity contribution in [2.45, 2.75) is 0 Å². The molecule has 9 heteroatoms. The maximum atomic E-state index is 12.4. The van der Waals surface area contributed by atoms with Crippen LogP contribution in [-0.2, 0) is 0 Å². The standard InChI is InChI=1S/C20H15ClN4O4/c1-29-18-6-5-15(12-17(18)25(27)28)19(14-3-2-4-16(21)11-14)23-24-20(26)13-7-9-22-10-8-13/h2-12H,1H3,(H,24,26)/b23-19-. The molecule has 29 heavy (non-hydrogen) atoms. The van der Waals surface area contributed by atoms with Crippen LogP contribution in [0.1, 0.15) is 21.5 Å². The van der Waals surface area contributed by atoms with E-state index in [0.717, 1.165) is 0 Å². The molecule has 0 aliphatic carbocycles. The number of nitrogens with zero attached hydrogens (tertiary/aromatic N) is 3. The molecule has 0 atom stereocenters. The normalized spacial score (nSPS) is 11.0. The molecule has 0 fully saturated rings. The fraction of sp³-hybridized carbons (Fsp3) is 0.0500. The van der Waals surface area contributed by atoms with E-state index in [4.69, 9.17) is 16.3 Å². The predicted octanol–water partition coefficient (Wildman–Crippen LogP) is 3.83. The lowest BCUT2D eigenvalue weighted by Gasteiger charge is -2.10. The molecule has 1 heterocycles. The summed E-state index contributed by atoms with van der Waals surface area (Å²) in [7, 11) is 1.35. The van der Waals surface area contributed by atoms with Crippen molar-refractivity contribution in [2.75, 3.05) is 7.11 Å². The molecule has 3 rings (SSSR count). The van der Waals surface area contributed by atoms with Crippen LogP contribution in [-0.4, -0.2) is 28.6 Å². The molecule has 0 unspecified atom stereocenters. The highest BCUT2D eigenvalue weighted by atomic mass is 35.5. The first-order chi connectivity index (χ1) is 14.0. The molecule has 0 aliphatic rings. The Morgan fingerprint density at radius 1 is 1.10 bits per heavy atom. The van der Waals surface area contributed by atoms with Gasteiger partial charge in [-0.2, -0.15) is 5.10 Å². The third-order valence-corrected chi connectivity index (χ3v) is 4.19. The fourth-order valence-electron chi connectivity index (χ4n) is 2.59. The van der Waals surface area contributed by atoms with Crippen molar-refractivity contribution in [2.24, 2.45) is 5.10 Å². The summed E-state index contributed by atoms with van der Waals surface area (Å²) in [6.45, 7) is 0. The van der Waals surface area contributed by atoms with E-state index >= 15 is 0 Å². The lowest BCUT2D eigenvalue weighted by molar-refractivity contribution is -0.385. The molecule has 0 aliphatic heterocycles. The molecule has 8 nitrogen and oxygen atoms in total. The number of carbonyl (C=O) groups is 1. The minimum atomic E-state index is -0.548. The van der Waals surface area contributed by atoms with Crippen LogP contribution in [0.25, 0.3) is 0 Å². The number of halogens is 1. The van der Waals surface area contributed by atoms with Crippen LogP contribution in [0, 0.1) is 10.1 Å². The number of amides is 1. The van der Waals surface area contributed by atoms with Crippen molar-refractivity contribution in [3.8, 4) is 5.75 Å². The SMILES string of the molecule is COc1ccc(/C(=N\NC(=O)c2ccncc2)c2cccc(Cl)c2)cc1[N+](=O)[O-]. The Morgan fingerprint density at radius 3 is 2.48 bits per heavy atom. The van der Waals surface area contributed by atoms with Gasteiger partial charge in [-0.1, -0.05) is 23.7 Å². The number of methoxy groups -OCH3 is 1. The summed E-state index contributed by atoms with van der Waals surface area (Å²) in [5.74, 6) is -0.333. The van der Waals surface area contributed by atoms with E-state index in [2.05, 4.69) is 15.5 Å². The molecule has 1 amide bonds. The largest absolute Gasteiger partial charge is 0.490 e. The van der Waals surface area contributed by atoms with Crippen molar-refractivity contribution >= 4 is 28.9 Å². The molecular weight excluding hydrogens is 396 g/mol. The Kier molecular flexibility index (Phi) is 6.16. The average Bonchev–Trinajstić information content (AvgIpc) is 2.74. The summed E-state index contributed by atoms with van der Waals surface area (Å²) >= 11 is 6.09. The second kappa shape index (κ2) is 8.94. The Labute approximate surface area is 171 Å². The number of hydrogen-bond donors (Lipinski definition) is 1. The minimum absolute atomic E-state index is 0.116. The number of nitrogens with one attached hydrogen (secondary N) is 1. The summed E-state index contributed by atoms with van der Waals surface area (Å²) in [5, 5.41) is 16.1. The van der Waals surface area contributed by atoms with Crippen molar-refractivity contribution in [3.05, 3.63) is 98.8 Å². The van der Waals surface area contributed by atoms with Gasteiger partial charge in [-0.05, 0) is 36.4 Å². The molecule has 0 bridgehead atoms. The van der Waals surface area contributed by atoms with Crippen molar-refractivity contribution < 1.29 is 14.5 Å². The lowest BCUT2D eigenvalue weighted by Crippen LogP contribution is -2.20. The second-order valence-electron chi connectivity index (χ2n) is 5.79. The van der Waals surface area contributed by atoms with Crippen molar-refractivity contribution in [1.82, 2.24) is 10.4 Å². The highest BCUT2D eigenvalue weighted by molar-refractivity contribution is 6.31. The minimum Gasteiger partial charge on any atom is -0.490 e. The monoisotopic (exact) mass is 410 g/mol. The maximum absolute atomic E-state index is 12.4. The van der Waals surface area contributed by atoms with Crippen molar-refractivity contribution in [3.63, 3.8) is 0 Å². The summed E-state index contributed by atoms with van der Waals surface area (Å²) < 4.78 is 5.04. The third-order valence-electron chi connectivity index (χ3n) is 3.96. The van der Waals surface area contributed by atoms with Gasteiger partial charge in [0.2, 0.25) is 0 Å². The topological polar surface area (TPSA) is 107 Å². The van der Waals surface area contributed by atoms with Crippen LogP contribution in [0.3, 0.4) is 0 Å². The Bertz CT molecular complexity index is 1090. The van der Waals surface area contributed by atoms with Gasteiger partial charge >= 0.3 is 5.69 Å². The molecule has 1 N–H and O–H groups in total. The smallest absolute Gasteiger partial charge is 0.311 e. The highest BCUT2D eigenvalue weighted by Gasteiger charge is 2.19. The molecule has 3 aromatic rings. The van der Waals surface area contributed by atoms with Crippen LogP contribution < -0.4 is 10.2 Å². The number of carbonyl (C=O) groups excluding carboxylic acids is 1. The number of nitro groups is 1. The summed E-state index contributed by atoms with van der Waals surface area (Å²) in [5.41, 5.74) is 3.91. The van der Waals surface area contributed by atoms with E-state index in [1.54, 1.807) is 42.5 Å². The number of hydrazone groups is 1. The fourth-order valence-corrected chi connectivity index (χ4v) is 2.78. The molecule has 146 valence electrons. The van der Waals surface area contributed by atoms with Gasteiger partial charge in [0.1, 0.15) is 0 Å². The summed E-state index contributed by atoms with van der Waals surface area (Å²) in [6.07, 6.45) is 2.98. The van der Waals surface area contributed by atoms with E-state index in [-0.39, 0.29) is 11.4 Å². The average molecular weight is 411 g/mol. The van der Waals surface area contributed by atoms with Crippen molar-refractivity contribution in [1.29, 1.82) is 0 Å². The molecular formula is C20H15ClN4O4. The summed E-state index contributed by atoms with van der Waals surface area (Å²) in [4.78, 5) is 27.1. The van der Waals surface area contributed by atoms with Crippen LogP contribution in [0.2, 0.25) is 5.02 Å². The van der Waals surface area contributed by atoms with Gasteiger partial charge in [0.25, 0.3) is 5.91 Å². The first kappa shape index (κ1) is 20.0. The van der Waals surface area contributed by atoms with Gasteiger partial charge in [-0.15, -0.1) is 0 Å². The van der Waals surface area contributed by atoms with Crippen LogP contribution in [0.4, 0.5) is 5.69 Å². The molecule has 0 saturated heterocycles. The van der Waals surface area contributed by atoms with E-state index in [1.807, 2.05) is 0 Å². The highest BCUT2D eigenvalue weighted by Crippen LogP contribution is 2.29. The van der Waals surface area contributed by atoms with Gasteiger partial charge in [-0.25, -0.2) is 5.43 Å². The number of aromatic nitrogens is 1. The van der Waals surface area contributed by atoms with E-state index in [0.29, 0.717) is 27.4 Å². The van der Waals surface area contributed by atoms with E-state index in [1.165, 1.54) is 31.6 Å². The zero-order valence-electron chi connectivity index (χ0n) is 15.2. The van der Waals surface area contributed by atoms with Gasteiger partial charge in [0.15, 0.2) is 5.75 Å². The zero-order valence-corrected chi connectivity index (χ0v) is 16.0. The molecule has 0 radical (unpaired) electrons. The van der Waals surface area contributed by atoms with Gasteiger partial charge in [0.05, 0.1) is 17.7 Å². The summed E-state index contributed by atoms with van der Waals surface area (Å²) in [6, 6.07) is 14.3. The molecule has 0 spiro atoms. The maximum Gasteiger partial charge on any atom is 0.311 e. The number of ether oxygens (including phenoxy) is 1. The van der Waals surface area contributed by atoms with E-state index in [9.17, 15) is 14.9 Å². The molecule has 2 aromatic carbocycles. The number of rotatable bonds is 6. The van der Waals surface area contributed by atoms with Crippen LogP contribution >= 0.6 is 11.6 Å². The van der Waals surface area contributed by atoms with Gasteiger partial charge in [0, 0.05) is 40.2 Å². The Morgan fingerprint density at radius 2 is 1.83 bits per heavy atom. The van der Waals surface area contributed by atoms with Crippen LogP contribution in [0.5, 0.6) is 5.75 Å². The van der Waals surface area contributed by atoms with Crippen LogP contribution in [0.15, 0.2) is 72.1 Å². The first-order valence-electron chi connectivity index (χ1n) is 8.36. The third kappa shape index (κ3) is 4.74. The lowest BCUT2D eigenvalue weighted by atomic mass is 10.0. The number of pyridine rings is 1. The Balaban J connectivity index is 2.05.